The first-order chi connectivity index (χ1) is 24.8. The smallest absolute Gasteiger partial charge is 0.145 e. The molecule has 0 aliphatic carbocycles. The normalized spacial score (nSPS) is 11.6. The molecule has 50 heavy (non-hydrogen) atoms. The summed E-state index contributed by atoms with van der Waals surface area (Å²) < 4.78 is 6.84. The molecular formula is C48H31NO. The standard InChI is InChI=1S/C48H31NO/c1-2-12-32(13-3-1)36-17-10-18-37(30-36)49(38-27-26-35-25-24-34-15-5-7-20-40(34)44(35)31-38)45-29-28-42(41-22-11-16-33-14-4-6-19-39(33)41)48-47(45)43-21-8-9-23-46(43)50-48/h1-31H. The Bertz CT molecular complexity index is 2880. The molecule has 0 aliphatic heterocycles. The van der Waals surface area contributed by atoms with Crippen LogP contribution >= 0.6 is 0 Å². The van der Waals surface area contributed by atoms with Crippen molar-refractivity contribution in [3.8, 4) is 22.3 Å². The molecule has 0 spiro atoms. The van der Waals surface area contributed by atoms with Crippen molar-refractivity contribution in [3.63, 3.8) is 0 Å². The zero-order chi connectivity index (χ0) is 33.0. The molecule has 0 saturated carbocycles. The van der Waals surface area contributed by atoms with Gasteiger partial charge in [0.2, 0.25) is 0 Å². The minimum atomic E-state index is 0.874. The van der Waals surface area contributed by atoms with Crippen molar-refractivity contribution in [3.05, 3.63) is 188 Å². The van der Waals surface area contributed by atoms with E-state index in [1.807, 2.05) is 0 Å². The number of hydrogen-bond acceptors (Lipinski definition) is 2. The number of furan rings is 1. The maximum atomic E-state index is 6.84. The molecule has 0 aliphatic rings. The van der Waals surface area contributed by atoms with Gasteiger partial charge in [-0.2, -0.15) is 0 Å². The van der Waals surface area contributed by atoms with Crippen molar-refractivity contribution in [2.45, 2.75) is 0 Å². The monoisotopic (exact) mass is 637 g/mol. The molecule has 0 unspecified atom stereocenters. The summed E-state index contributed by atoms with van der Waals surface area (Å²) >= 11 is 0. The maximum Gasteiger partial charge on any atom is 0.145 e. The average molecular weight is 638 g/mol. The molecule has 0 bridgehead atoms. The summed E-state index contributed by atoms with van der Waals surface area (Å²) in [6.07, 6.45) is 0. The number of fused-ring (bicyclic) bond motifs is 7. The summed E-state index contributed by atoms with van der Waals surface area (Å²) in [4.78, 5) is 2.41. The lowest BCUT2D eigenvalue weighted by Gasteiger charge is -2.27. The lowest BCUT2D eigenvalue weighted by molar-refractivity contribution is 0.670. The second-order valence-electron chi connectivity index (χ2n) is 12.9. The summed E-state index contributed by atoms with van der Waals surface area (Å²) in [5, 5.41) is 9.53. The van der Waals surface area contributed by atoms with Crippen molar-refractivity contribution in [1.29, 1.82) is 0 Å². The van der Waals surface area contributed by atoms with Gasteiger partial charge in [-0.3, -0.25) is 0 Å². The topological polar surface area (TPSA) is 16.4 Å². The Kier molecular flexibility index (Phi) is 6.53. The van der Waals surface area contributed by atoms with Crippen LogP contribution in [0.1, 0.15) is 0 Å². The van der Waals surface area contributed by atoms with E-state index in [0.29, 0.717) is 0 Å². The first-order valence-corrected chi connectivity index (χ1v) is 17.1. The Morgan fingerprint density at radius 3 is 1.84 bits per heavy atom. The van der Waals surface area contributed by atoms with E-state index in [1.165, 1.54) is 43.4 Å². The predicted molar refractivity (Wildman–Crippen MR) is 212 cm³/mol. The molecule has 0 fully saturated rings. The highest BCUT2D eigenvalue weighted by Crippen LogP contribution is 2.48. The molecule has 1 aromatic heterocycles. The van der Waals surface area contributed by atoms with Gasteiger partial charge in [0, 0.05) is 22.3 Å². The van der Waals surface area contributed by atoms with Crippen LogP contribution in [0.25, 0.3) is 76.5 Å². The van der Waals surface area contributed by atoms with E-state index < -0.39 is 0 Å². The Morgan fingerprint density at radius 1 is 0.360 bits per heavy atom. The maximum absolute atomic E-state index is 6.84. The van der Waals surface area contributed by atoms with Crippen molar-refractivity contribution in [2.24, 2.45) is 0 Å². The van der Waals surface area contributed by atoms with Crippen LogP contribution in [0.4, 0.5) is 17.1 Å². The van der Waals surface area contributed by atoms with Gasteiger partial charge in [-0.05, 0) is 91.5 Å². The van der Waals surface area contributed by atoms with Gasteiger partial charge in [0.15, 0.2) is 0 Å². The van der Waals surface area contributed by atoms with E-state index in [9.17, 15) is 0 Å². The van der Waals surface area contributed by atoms with Crippen LogP contribution in [-0.4, -0.2) is 0 Å². The molecule has 1 heterocycles. The molecule has 0 saturated heterocycles. The quantitative estimate of drug-likeness (QED) is 0.175. The van der Waals surface area contributed by atoms with Crippen LogP contribution < -0.4 is 4.90 Å². The van der Waals surface area contributed by atoms with Crippen LogP contribution in [-0.2, 0) is 0 Å². The highest BCUT2D eigenvalue weighted by Gasteiger charge is 2.23. The highest BCUT2D eigenvalue weighted by molar-refractivity contribution is 6.19. The Labute approximate surface area is 290 Å². The third kappa shape index (κ3) is 4.57. The van der Waals surface area contributed by atoms with Gasteiger partial charge in [0.05, 0.1) is 11.1 Å². The predicted octanol–water partition coefficient (Wildman–Crippen LogP) is 13.8. The molecule has 2 nitrogen and oxygen atoms in total. The first-order valence-electron chi connectivity index (χ1n) is 17.1. The fraction of sp³-hybridized carbons (Fsp3) is 0. The second kappa shape index (κ2) is 11.5. The molecule has 234 valence electrons. The number of anilines is 3. The van der Waals surface area contributed by atoms with Crippen LogP contribution in [0.5, 0.6) is 0 Å². The molecule has 9 aromatic carbocycles. The van der Waals surface area contributed by atoms with E-state index in [2.05, 4.69) is 193 Å². The summed E-state index contributed by atoms with van der Waals surface area (Å²) in [6, 6.07) is 67.5. The minimum Gasteiger partial charge on any atom is -0.455 e. The summed E-state index contributed by atoms with van der Waals surface area (Å²) in [6.45, 7) is 0. The highest BCUT2D eigenvalue weighted by atomic mass is 16.3. The fourth-order valence-corrected chi connectivity index (χ4v) is 7.68. The summed E-state index contributed by atoms with van der Waals surface area (Å²) in [5.74, 6) is 0. The number of para-hydroxylation sites is 1. The van der Waals surface area contributed by atoms with Gasteiger partial charge >= 0.3 is 0 Å². The third-order valence-corrected chi connectivity index (χ3v) is 10.0. The van der Waals surface area contributed by atoms with Crippen molar-refractivity contribution >= 4 is 71.3 Å². The zero-order valence-corrected chi connectivity index (χ0v) is 27.3. The SMILES string of the molecule is c1ccc(-c2cccc(N(c3ccc4ccc5ccccc5c4c3)c3ccc(-c4cccc5ccccc45)c4oc5ccccc5c34)c2)cc1. The molecule has 10 aromatic rings. The second-order valence-corrected chi connectivity index (χ2v) is 12.9. The van der Waals surface area contributed by atoms with Gasteiger partial charge in [0.1, 0.15) is 11.2 Å². The molecule has 0 N–H and O–H groups in total. The van der Waals surface area contributed by atoms with Crippen LogP contribution in [0.2, 0.25) is 0 Å². The number of rotatable bonds is 5. The van der Waals surface area contributed by atoms with Crippen LogP contribution in [0.3, 0.4) is 0 Å². The van der Waals surface area contributed by atoms with Gasteiger partial charge in [-0.1, -0.05) is 146 Å². The number of hydrogen-bond donors (Lipinski definition) is 0. The molecule has 0 amide bonds. The minimum absolute atomic E-state index is 0.874. The van der Waals surface area contributed by atoms with Crippen molar-refractivity contribution in [1.82, 2.24) is 0 Å². The van der Waals surface area contributed by atoms with E-state index in [0.717, 1.165) is 50.1 Å². The third-order valence-electron chi connectivity index (χ3n) is 10.0. The lowest BCUT2D eigenvalue weighted by Crippen LogP contribution is -2.10. The molecule has 0 atom stereocenters. The fourth-order valence-electron chi connectivity index (χ4n) is 7.68. The first kappa shape index (κ1) is 28.4. The van der Waals surface area contributed by atoms with Crippen molar-refractivity contribution < 1.29 is 4.42 Å². The van der Waals surface area contributed by atoms with Gasteiger partial charge in [-0.15, -0.1) is 0 Å². The number of benzene rings is 9. The van der Waals surface area contributed by atoms with E-state index in [-0.39, 0.29) is 0 Å². The summed E-state index contributed by atoms with van der Waals surface area (Å²) in [7, 11) is 0. The molecule has 2 heteroatoms. The van der Waals surface area contributed by atoms with E-state index >= 15 is 0 Å². The van der Waals surface area contributed by atoms with Crippen LogP contribution in [0, 0.1) is 0 Å². The lowest BCUT2D eigenvalue weighted by atomic mass is 9.95. The molecule has 0 radical (unpaired) electrons. The largest absolute Gasteiger partial charge is 0.455 e. The Hall–Kier alpha value is -6.64. The van der Waals surface area contributed by atoms with Gasteiger partial charge < -0.3 is 9.32 Å². The molecule has 10 rings (SSSR count). The summed E-state index contributed by atoms with van der Waals surface area (Å²) in [5.41, 5.74) is 9.59. The average Bonchev–Trinajstić information content (AvgIpc) is 3.58. The van der Waals surface area contributed by atoms with Crippen molar-refractivity contribution in [2.75, 3.05) is 4.90 Å². The van der Waals surface area contributed by atoms with Crippen LogP contribution in [0.15, 0.2) is 192 Å². The van der Waals surface area contributed by atoms with Gasteiger partial charge in [0.25, 0.3) is 0 Å². The van der Waals surface area contributed by atoms with E-state index in [4.69, 9.17) is 4.42 Å². The van der Waals surface area contributed by atoms with Gasteiger partial charge in [-0.25, -0.2) is 0 Å². The Balaban J connectivity index is 1.29. The Morgan fingerprint density at radius 2 is 0.980 bits per heavy atom. The zero-order valence-electron chi connectivity index (χ0n) is 27.3. The molecular weight excluding hydrogens is 607 g/mol. The van der Waals surface area contributed by atoms with E-state index in [1.54, 1.807) is 0 Å². The number of nitrogens with zero attached hydrogens (tertiary/aromatic N) is 1.